The van der Waals surface area contributed by atoms with E-state index in [1.807, 2.05) is 0 Å². The standard InChI is InChI=1S/C25H17ClF2N2O4/c1-33-24(32)12-15-3-8-22-21(11-15)30-25(34-22)16-5-7-20(19(28)13-16)29-23(31)9-4-14-2-6-18(27)17(26)10-14/h2-11,13H,12H2,1H3,(H,29,31). The number of benzene rings is 3. The second-order valence-corrected chi connectivity index (χ2v) is 7.67. The van der Waals surface area contributed by atoms with E-state index >= 15 is 0 Å². The first-order chi connectivity index (χ1) is 16.3. The lowest BCUT2D eigenvalue weighted by Crippen LogP contribution is -2.09. The van der Waals surface area contributed by atoms with Crippen LogP contribution in [-0.2, 0) is 20.7 Å². The number of nitrogens with one attached hydrogen (secondary N) is 1. The van der Waals surface area contributed by atoms with Crippen LogP contribution in [0.2, 0.25) is 5.02 Å². The topological polar surface area (TPSA) is 81.4 Å². The highest BCUT2D eigenvalue weighted by atomic mass is 35.5. The van der Waals surface area contributed by atoms with Crippen molar-refractivity contribution in [2.75, 3.05) is 12.4 Å². The number of esters is 1. The van der Waals surface area contributed by atoms with Crippen molar-refractivity contribution < 1.29 is 27.5 Å². The molecule has 0 aliphatic rings. The molecule has 6 nitrogen and oxygen atoms in total. The Morgan fingerprint density at radius 3 is 2.65 bits per heavy atom. The van der Waals surface area contributed by atoms with Crippen molar-refractivity contribution in [2.24, 2.45) is 0 Å². The molecule has 4 rings (SSSR count). The molecule has 1 heterocycles. The maximum atomic E-state index is 14.6. The fourth-order valence-electron chi connectivity index (χ4n) is 3.16. The van der Waals surface area contributed by atoms with Crippen LogP contribution < -0.4 is 5.32 Å². The number of methoxy groups -OCH3 is 1. The minimum atomic E-state index is -0.683. The predicted molar refractivity (Wildman–Crippen MR) is 124 cm³/mol. The van der Waals surface area contributed by atoms with Crippen LogP contribution >= 0.6 is 11.6 Å². The number of hydrogen-bond acceptors (Lipinski definition) is 5. The van der Waals surface area contributed by atoms with Crippen LogP contribution in [0.25, 0.3) is 28.6 Å². The van der Waals surface area contributed by atoms with Gasteiger partial charge >= 0.3 is 5.97 Å². The van der Waals surface area contributed by atoms with Gasteiger partial charge in [-0.3, -0.25) is 9.59 Å². The Labute approximate surface area is 197 Å². The van der Waals surface area contributed by atoms with Crippen LogP contribution in [0.5, 0.6) is 0 Å². The lowest BCUT2D eigenvalue weighted by molar-refractivity contribution is -0.139. The van der Waals surface area contributed by atoms with E-state index in [0.717, 1.165) is 0 Å². The van der Waals surface area contributed by atoms with Crippen molar-refractivity contribution in [1.29, 1.82) is 0 Å². The van der Waals surface area contributed by atoms with Crippen molar-refractivity contribution >= 4 is 46.3 Å². The molecule has 3 aromatic carbocycles. The van der Waals surface area contributed by atoms with Crippen LogP contribution in [-0.4, -0.2) is 24.0 Å². The monoisotopic (exact) mass is 482 g/mol. The number of carbonyl (C=O) groups excluding carboxylic acids is 2. The van der Waals surface area contributed by atoms with E-state index in [9.17, 15) is 18.4 Å². The van der Waals surface area contributed by atoms with Gasteiger partial charge < -0.3 is 14.5 Å². The van der Waals surface area contributed by atoms with Crippen LogP contribution in [0.1, 0.15) is 11.1 Å². The van der Waals surface area contributed by atoms with E-state index in [1.54, 1.807) is 24.3 Å². The fraction of sp³-hybridized carbons (Fsp3) is 0.0800. The lowest BCUT2D eigenvalue weighted by atomic mass is 10.1. The normalized spacial score (nSPS) is 11.2. The Kier molecular flexibility index (Phi) is 6.70. The average molecular weight is 483 g/mol. The Balaban J connectivity index is 1.48. The molecule has 0 unspecified atom stereocenters. The van der Waals surface area contributed by atoms with Crippen molar-refractivity contribution in [2.45, 2.75) is 6.42 Å². The summed E-state index contributed by atoms with van der Waals surface area (Å²) in [5.41, 5.74) is 2.56. The van der Waals surface area contributed by atoms with E-state index in [-0.39, 0.29) is 29.0 Å². The van der Waals surface area contributed by atoms with Gasteiger partial charge in [-0.05, 0) is 59.7 Å². The van der Waals surface area contributed by atoms with Gasteiger partial charge in [0.2, 0.25) is 11.8 Å². The molecule has 0 aliphatic carbocycles. The molecule has 0 spiro atoms. The summed E-state index contributed by atoms with van der Waals surface area (Å²) in [6.45, 7) is 0. The number of anilines is 1. The zero-order chi connectivity index (χ0) is 24.2. The molecular weight excluding hydrogens is 466 g/mol. The van der Waals surface area contributed by atoms with Crippen LogP contribution in [0.15, 0.2) is 65.1 Å². The smallest absolute Gasteiger partial charge is 0.309 e. The zero-order valence-corrected chi connectivity index (χ0v) is 18.5. The highest BCUT2D eigenvalue weighted by molar-refractivity contribution is 6.30. The van der Waals surface area contributed by atoms with Crippen LogP contribution in [0.3, 0.4) is 0 Å². The predicted octanol–water partition coefficient (Wildman–Crippen LogP) is 5.79. The summed E-state index contributed by atoms with van der Waals surface area (Å²) >= 11 is 5.71. The molecule has 0 saturated heterocycles. The average Bonchev–Trinajstić information content (AvgIpc) is 3.24. The van der Waals surface area contributed by atoms with Gasteiger partial charge in [0.25, 0.3) is 0 Å². The molecule has 0 radical (unpaired) electrons. The number of carbonyl (C=O) groups is 2. The first kappa shape index (κ1) is 23.1. The third-order valence-corrected chi connectivity index (χ3v) is 5.16. The highest BCUT2D eigenvalue weighted by Crippen LogP contribution is 2.28. The number of halogens is 3. The number of aromatic nitrogens is 1. The summed E-state index contributed by atoms with van der Waals surface area (Å²) < 4.78 is 38.2. The van der Waals surface area contributed by atoms with Gasteiger partial charge in [-0.2, -0.15) is 0 Å². The summed E-state index contributed by atoms with van der Waals surface area (Å²) in [4.78, 5) is 28.0. The number of nitrogens with zero attached hydrogens (tertiary/aromatic N) is 1. The number of hydrogen-bond donors (Lipinski definition) is 1. The maximum absolute atomic E-state index is 14.6. The fourth-order valence-corrected chi connectivity index (χ4v) is 3.35. The molecule has 4 aromatic rings. The summed E-state index contributed by atoms with van der Waals surface area (Å²) in [7, 11) is 1.31. The van der Waals surface area contributed by atoms with E-state index < -0.39 is 17.5 Å². The van der Waals surface area contributed by atoms with Gasteiger partial charge in [0.15, 0.2) is 5.58 Å². The summed E-state index contributed by atoms with van der Waals surface area (Å²) in [6.07, 6.45) is 2.71. The largest absolute Gasteiger partial charge is 0.469 e. The number of oxazole rings is 1. The van der Waals surface area contributed by atoms with E-state index in [0.29, 0.717) is 27.8 Å². The Morgan fingerprint density at radius 1 is 1.09 bits per heavy atom. The lowest BCUT2D eigenvalue weighted by Gasteiger charge is -2.05. The Bertz CT molecular complexity index is 1430. The first-order valence-corrected chi connectivity index (χ1v) is 10.4. The minimum Gasteiger partial charge on any atom is -0.469 e. The summed E-state index contributed by atoms with van der Waals surface area (Å²) in [5, 5.41) is 2.37. The molecule has 172 valence electrons. The molecule has 34 heavy (non-hydrogen) atoms. The van der Waals surface area contributed by atoms with Gasteiger partial charge in [0, 0.05) is 11.6 Å². The van der Waals surface area contributed by atoms with Gasteiger partial charge in [0.1, 0.15) is 17.2 Å². The number of rotatable bonds is 6. The molecule has 0 saturated carbocycles. The van der Waals surface area contributed by atoms with E-state index in [4.69, 9.17) is 16.0 Å². The summed E-state index contributed by atoms with van der Waals surface area (Å²) in [5.74, 6) is -2.01. The van der Waals surface area contributed by atoms with Gasteiger partial charge in [-0.15, -0.1) is 0 Å². The minimum absolute atomic E-state index is 0.0352. The van der Waals surface area contributed by atoms with E-state index in [1.165, 1.54) is 49.6 Å². The molecule has 1 N–H and O–H groups in total. The quantitative estimate of drug-likeness (QED) is 0.278. The van der Waals surface area contributed by atoms with Gasteiger partial charge in [-0.25, -0.2) is 13.8 Å². The third-order valence-electron chi connectivity index (χ3n) is 4.87. The molecule has 0 aliphatic heterocycles. The van der Waals surface area contributed by atoms with Gasteiger partial charge in [-0.1, -0.05) is 23.7 Å². The molecule has 0 bridgehead atoms. The first-order valence-electron chi connectivity index (χ1n) is 10.0. The molecular formula is C25H17ClF2N2O4. The Hall–Kier alpha value is -4.04. The van der Waals surface area contributed by atoms with E-state index in [2.05, 4.69) is 15.0 Å². The molecule has 0 fully saturated rings. The Morgan fingerprint density at radius 2 is 1.91 bits per heavy atom. The maximum Gasteiger partial charge on any atom is 0.309 e. The molecule has 0 atom stereocenters. The number of fused-ring (bicyclic) bond motifs is 1. The number of amides is 1. The van der Waals surface area contributed by atoms with Crippen molar-refractivity contribution in [1.82, 2.24) is 4.98 Å². The second kappa shape index (κ2) is 9.84. The van der Waals surface area contributed by atoms with Crippen LogP contribution in [0, 0.1) is 11.6 Å². The van der Waals surface area contributed by atoms with Crippen molar-refractivity contribution in [3.05, 3.63) is 88.5 Å². The van der Waals surface area contributed by atoms with Gasteiger partial charge in [0.05, 0.1) is 24.2 Å². The zero-order valence-electron chi connectivity index (χ0n) is 17.8. The van der Waals surface area contributed by atoms with Crippen molar-refractivity contribution in [3.63, 3.8) is 0 Å². The number of ether oxygens (including phenoxy) is 1. The van der Waals surface area contributed by atoms with Crippen molar-refractivity contribution in [3.8, 4) is 11.5 Å². The molecule has 1 amide bonds. The molecule has 9 heteroatoms. The SMILES string of the molecule is COC(=O)Cc1ccc2oc(-c3ccc(NC(=O)C=Cc4ccc(F)c(Cl)c4)c(F)c3)nc2c1. The molecule has 1 aromatic heterocycles. The van der Waals surface area contributed by atoms with Crippen LogP contribution in [0.4, 0.5) is 14.5 Å². The second-order valence-electron chi connectivity index (χ2n) is 7.26. The summed E-state index contributed by atoms with van der Waals surface area (Å²) in [6, 6.07) is 13.3. The highest BCUT2D eigenvalue weighted by Gasteiger charge is 2.13. The third kappa shape index (κ3) is 5.29.